The van der Waals surface area contributed by atoms with Gasteiger partial charge in [-0.25, -0.2) is 0 Å². The maximum atomic E-state index is 2.70. The van der Waals surface area contributed by atoms with Crippen molar-refractivity contribution in [1.82, 2.24) is 0 Å². The minimum Gasteiger partial charge on any atom is -1.00 e. The summed E-state index contributed by atoms with van der Waals surface area (Å²) < 4.78 is 3.97. The molecule has 2 fully saturated rings. The topological polar surface area (TPSA) is 0 Å². The van der Waals surface area contributed by atoms with Gasteiger partial charge in [-0.1, -0.05) is 0 Å². The van der Waals surface area contributed by atoms with E-state index in [1.54, 1.807) is 29.9 Å². The number of benzene rings is 3. The largest absolute Gasteiger partial charge is 1.00 e. The van der Waals surface area contributed by atoms with E-state index in [0.29, 0.717) is 4.22 Å². The molecule has 0 bridgehead atoms. The Bertz CT molecular complexity index is 1390. The molecule has 0 aliphatic heterocycles. The molecule has 0 heterocycles. The van der Waals surface area contributed by atoms with Crippen LogP contribution >= 0.6 is 0 Å². The summed E-state index contributed by atoms with van der Waals surface area (Å²) in [4.78, 5) is 0. The van der Waals surface area contributed by atoms with Crippen LogP contribution in [0.5, 0.6) is 0 Å². The molecule has 4 aliphatic rings. The van der Waals surface area contributed by atoms with Gasteiger partial charge >= 0.3 is 243 Å². The Hall–Kier alpha value is -1.70. The summed E-state index contributed by atoms with van der Waals surface area (Å²) in [7, 11) is 0. The Morgan fingerprint density at radius 3 is 1.68 bits per heavy atom. The smallest absolute Gasteiger partial charge is 1.00 e. The van der Waals surface area contributed by atoms with Crippen LogP contribution in [0.4, 0.5) is 0 Å². The molecular weight excluding hydrogens is 575 g/mol. The Kier molecular flexibility index (Phi) is 10.3. The average molecular weight is 618 g/mol. The minimum absolute atomic E-state index is 0. The molecule has 0 nitrogen and oxygen atoms in total. The molecule has 7 rings (SSSR count). The van der Waals surface area contributed by atoms with Crippen LogP contribution < -0.4 is 24.8 Å². The first-order valence-electron chi connectivity index (χ1n) is 15.7. The van der Waals surface area contributed by atoms with Crippen LogP contribution in [0.1, 0.15) is 121 Å². The molecule has 0 unspecified atom stereocenters. The van der Waals surface area contributed by atoms with E-state index in [1.165, 1.54) is 80.9 Å². The molecule has 0 saturated heterocycles. The van der Waals surface area contributed by atoms with Gasteiger partial charge in [0.05, 0.1) is 0 Å². The van der Waals surface area contributed by atoms with E-state index in [9.17, 15) is 0 Å². The summed E-state index contributed by atoms with van der Waals surface area (Å²) in [5.74, 6) is 1.50. The molecule has 3 aromatic carbocycles. The number of rotatable bonds is 5. The fraction of sp³-hybridized carbons (Fsp3) is 0.395. The first-order chi connectivity index (χ1) is 19.3. The summed E-state index contributed by atoms with van der Waals surface area (Å²) in [5, 5.41) is 0. The van der Waals surface area contributed by atoms with Crippen LogP contribution in [0.15, 0.2) is 88.8 Å². The molecule has 41 heavy (non-hydrogen) atoms. The number of allylic oxidation sites excluding steroid dienone is 4. The van der Waals surface area contributed by atoms with Crippen molar-refractivity contribution in [3.63, 3.8) is 0 Å². The second-order valence-electron chi connectivity index (χ2n) is 12.5. The zero-order valence-electron chi connectivity index (χ0n) is 24.3. The second-order valence-corrected chi connectivity index (χ2v) is 16.9. The van der Waals surface area contributed by atoms with Crippen LogP contribution in [-0.4, -0.2) is 3.81 Å². The first kappa shape index (κ1) is 30.8. The van der Waals surface area contributed by atoms with Gasteiger partial charge in [-0.3, -0.25) is 0 Å². The summed E-state index contributed by atoms with van der Waals surface area (Å²) >= 11 is -1.93. The Balaban J connectivity index is 0.00000169. The molecule has 0 atom stereocenters. The van der Waals surface area contributed by atoms with E-state index >= 15 is 0 Å². The number of halogens is 2. The monoisotopic (exact) mass is 616 g/mol. The van der Waals surface area contributed by atoms with Gasteiger partial charge in [0, 0.05) is 0 Å². The molecular formula is C38H42Cl2Ti. The molecule has 3 aromatic rings. The molecule has 0 N–H and O–H groups in total. The van der Waals surface area contributed by atoms with E-state index in [-0.39, 0.29) is 24.8 Å². The molecule has 3 heteroatoms. The van der Waals surface area contributed by atoms with Crippen molar-refractivity contribution in [3.8, 4) is 11.1 Å². The molecule has 2 saturated carbocycles. The average Bonchev–Trinajstić information content (AvgIpc) is 3.65. The molecule has 212 valence electrons. The van der Waals surface area contributed by atoms with Crippen LogP contribution in [0, 0.1) is 0 Å². The maximum Gasteiger partial charge on any atom is -1.00 e. The predicted molar refractivity (Wildman–Crippen MR) is 163 cm³/mol. The van der Waals surface area contributed by atoms with Crippen molar-refractivity contribution >= 4 is 3.81 Å². The molecule has 4 aliphatic carbocycles. The maximum absolute atomic E-state index is 2.70. The summed E-state index contributed by atoms with van der Waals surface area (Å²) in [6.45, 7) is 2.48. The van der Waals surface area contributed by atoms with Gasteiger partial charge in [0.15, 0.2) is 0 Å². The predicted octanol–water partition coefficient (Wildman–Crippen LogP) is 4.56. The molecule has 0 spiro atoms. The van der Waals surface area contributed by atoms with Gasteiger partial charge < -0.3 is 24.8 Å². The Morgan fingerprint density at radius 2 is 1.20 bits per heavy atom. The third-order valence-corrected chi connectivity index (χ3v) is 15.5. The van der Waals surface area contributed by atoms with Crippen molar-refractivity contribution in [2.24, 2.45) is 0 Å². The van der Waals surface area contributed by atoms with Gasteiger partial charge in [0.25, 0.3) is 0 Å². The van der Waals surface area contributed by atoms with Gasteiger partial charge in [-0.05, 0) is 0 Å². The van der Waals surface area contributed by atoms with Gasteiger partial charge in [-0.2, -0.15) is 0 Å². The minimum atomic E-state index is -1.93. The summed E-state index contributed by atoms with van der Waals surface area (Å²) in [6.07, 6.45) is 22.3. The van der Waals surface area contributed by atoms with Gasteiger partial charge in [0.2, 0.25) is 0 Å². The molecule has 0 amide bonds. The van der Waals surface area contributed by atoms with Gasteiger partial charge in [0.1, 0.15) is 0 Å². The fourth-order valence-electron chi connectivity index (χ4n) is 8.12. The third-order valence-electron chi connectivity index (χ3n) is 10.2. The first-order valence-corrected chi connectivity index (χ1v) is 18.1. The van der Waals surface area contributed by atoms with Crippen molar-refractivity contribution in [2.75, 3.05) is 0 Å². The second kappa shape index (κ2) is 13.7. The van der Waals surface area contributed by atoms with E-state index in [4.69, 9.17) is 0 Å². The third kappa shape index (κ3) is 6.06. The number of hydrogen-bond acceptors (Lipinski definition) is 0. The SMILES string of the molecule is C/[C](c1ccccc1)=[Ti+2](/[C]1=CC=CC1)[CH]1c2cc(C3CCCCC3)ccc2-c2ccc(C3CCCCC3)cc21.[Cl-].[Cl-]. The Morgan fingerprint density at radius 1 is 0.659 bits per heavy atom. The molecule has 0 aromatic heterocycles. The van der Waals surface area contributed by atoms with Crippen LogP contribution in [0.25, 0.3) is 11.1 Å². The van der Waals surface area contributed by atoms with E-state index in [2.05, 4.69) is 91.9 Å². The van der Waals surface area contributed by atoms with Crippen LogP contribution in [-0.2, 0) is 17.4 Å². The van der Waals surface area contributed by atoms with E-state index in [1.807, 2.05) is 0 Å². The molecule has 0 radical (unpaired) electrons. The fourth-order valence-corrected chi connectivity index (χ4v) is 13.6. The van der Waals surface area contributed by atoms with Crippen LogP contribution in [0.2, 0.25) is 0 Å². The summed E-state index contributed by atoms with van der Waals surface area (Å²) in [6, 6.07) is 26.8. The number of hydrogen-bond donors (Lipinski definition) is 0. The van der Waals surface area contributed by atoms with E-state index in [0.717, 1.165) is 18.3 Å². The normalized spacial score (nSPS) is 19.0. The van der Waals surface area contributed by atoms with Crippen molar-refractivity contribution in [3.05, 3.63) is 117 Å². The van der Waals surface area contributed by atoms with Crippen molar-refractivity contribution in [2.45, 2.75) is 93.6 Å². The standard InChI is InChI=1S/C25H29.C8H8.C5H5.2ClH.Ti/c1-3-7-18(8-4-1)20-11-13-24-22(15-20)17-23-16-21(12-14-25(23)24)19-9-5-2-6-10-19;1-2-8-6-4-3-5-7-8;1-2-4-5-3-1;;;/h11-19H,1-10H2;3-7H,1H3;1-3H,4H2;2*1H;/q;;;;;+2/p-2. The van der Waals surface area contributed by atoms with E-state index < -0.39 is 17.4 Å². The van der Waals surface area contributed by atoms with Crippen molar-refractivity contribution < 1.29 is 42.2 Å². The zero-order chi connectivity index (χ0) is 26.2. The van der Waals surface area contributed by atoms with Gasteiger partial charge in [-0.15, -0.1) is 0 Å². The summed E-state index contributed by atoms with van der Waals surface area (Å²) in [5.41, 5.74) is 11.1. The number of fused-ring (bicyclic) bond motifs is 3. The van der Waals surface area contributed by atoms with Crippen molar-refractivity contribution in [1.29, 1.82) is 0 Å². The quantitative estimate of drug-likeness (QED) is 0.369. The Labute approximate surface area is 265 Å². The zero-order valence-corrected chi connectivity index (χ0v) is 27.4. The van der Waals surface area contributed by atoms with Crippen LogP contribution in [0.3, 0.4) is 0 Å².